The number of ether oxygens (including phenoxy) is 1. The minimum Gasteiger partial charge on any atom is -0.472 e. The maximum absolute atomic E-state index is 11.8. The Morgan fingerprint density at radius 3 is 2.58 bits per heavy atom. The second-order valence-electron chi connectivity index (χ2n) is 6.20. The fourth-order valence-electron chi connectivity index (χ4n) is 2.06. The monoisotopic (exact) mass is 335 g/mol. The second-order valence-corrected chi connectivity index (χ2v) is 6.20. The van der Waals surface area contributed by atoms with Crippen molar-refractivity contribution >= 4 is 11.7 Å². The van der Waals surface area contributed by atoms with Crippen LogP contribution in [0, 0.1) is 0 Å². The fraction of sp³-hybridized carbons (Fsp3) is 0.588. The number of amides is 1. The molecule has 7 nitrogen and oxygen atoms in total. The van der Waals surface area contributed by atoms with Crippen LogP contribution < -0.4 is 9.64 Å². The van der Waals surface area contributed by atoms with E-state index >= 15 is 0 Å². The van der Waals surface area contributed by atoms with Gasteiger partial charge in [0.25, 0.3) is 0 Å². The fourth-order valence-corrected chi connectivity index (χ4v) is 2.06. The number of carbonyl (C=O) groups excluding carboxylic acids is 1. The van der Waals surface area contributed by atoms with Crippen molar-refractivity contribution in [2.24, 2.45) is 0 Å². The molecule has 1 rings (SSSR count). The van der Waals surface area contributed by atoms with E-state index in [0.29, 0.717) is 19.0 Å². The van der Waals surface area contributed by atoms with Crippen molar-refractivity contribution in [3.8, 4) is 5.88 Å². The van der Waals surface area contributed by atoms with Crippen molar-refractivity contribution in [2.45, 2.75) is 18.9 Å². The summed E-state index contributed by atoms with van der Waals surface area (Å²) in [4.78, 5) is 25.8. The highest BCUT2D eigenvalue weighted by molar-refractivity contribution is 5.77. The van der Waals surface area contributed by atoms with Crippen LogP contribution in [0.1, 0.15) is 12.8 Å². The molecule has 1 amide bonds. The molecule has 0 fully saturated rings. The van der Waals surface area contributed by atoms with E-state index in [2.05, 4.69) is 16.5 Å². The molecule has 0 bridgehead atoms. The van der Waals surface area contributed by atoms with Gasteiger partial charge in [-0.3, -0.25) is 14.7 Å². The molecule has 1 heterocycles. The number of hydrogen-bond acceptors (Lipinski definition) is 6. The Hall–Kier alpha value is -2.15. The molecular formula is C17H29N5O2. The van der Waals surface area contributed by atoms with Crippen molar-refractivity contribution in [3.05, 3.63) is 25.0 Å². The van der Waals surface area contributed by atoms with Crippen LogP contribution >= 0.6 is 0 Å². The summed E-state index contributed by atoms with van der Waals surface area (Å²) < 4.78 is 6.01. The Bertz CT molecular complexity index is 533. The van der Waals surface area contributed by atoms with Gasteiger partial charge in [0.15, 0.2) is 5.82 Å². The lowest BCUT2D eigenvalue weighted by atomic mass is 10.2. The Morgan fingerprint density at radius 2 is 2.00 bits per heavy atom. The van der Waals surface area contributed by atoms with Crippen molar-refractivity contribution in [1.82, 2.24) is 19.8 Å². The van der Waals surface area contributed by atoms with E-state index in [1.807, 2.05) is 37.0 Å². The Labute approximate surface area is 144 Å². The lowest BCUT2D eigenvalue weighted by molar-refractivity contribution is -0.129. The molecule has 134 valence electrons. The minimum atomic E-state index is -0.0883. The third-order valence-electron chi connectivity index (χ3n) is 3.46. The van der Waals surface area contributed by atoms with Crippen LogP contribution in [0.5, 0.6) is 5.88 Å². The van der Waals surface area contributed by atoms with Gasteiger partial charge in [0.1, 0.15) is 6.10 Å². The number of nitrogens with zero attached hydrogens (tertiary/aromatic N) is 5. The molecule has 24 heavy (non-hydrogen) atoms. The molecule has 0 aliphatic carbocycles. The number of anilines is 1. The zero-order valence-corrected chi connectivity index (χ0v) is 15.4. The van der Waals surface area contributed by atoms with Crippen LogP contribution in [0.4, 0.5) is 5.82 Å². The molecule has 0 saturated heterocycles. The number of hydrogen-bond donors (Lipinski definition) is 0. The molecular weight excluding hydrogens is 306 g/mol. The normalized spacial score (nSPS) is 11.9. The first kappa shape index (κ1) is 19.9. The van der Waals surface area contributed by atoms with Gasteiger partial charge >= 0.3 is 0 Å². The van der Waals surface area contributed by atoms with E-state index in [4.69, 9.17) is 4.74 Å². The maximum Gasteiger partial charge on any atom is 0.236 e. The summed E-state index contributed by atoms with van der Waals surface area (Å²) in [5.41, 5.74) is 0. The van der Waals surface area contributed by atoms with E-state index < -0.39 is 0 Å². The number of rotatable bonds is 10. The van der Waals surface area contributed by atoms with Crippen molar-refractivity contribution in [3.63, 3.8) is 0 Å². The van der Waals surface area contributed by atoms with E-state index in [-0.39, 0.29) is 12.0 Å². The number of allylic oxidation sites excluding steroid dienone is 1. The summed E-state index contributed by atoms with van der Waals surface area (Å²) in [6, 6.07) is 0. The second kappa shape index (κ2) is 9.87. The molecule has 1 atom stereocenters. The van der Waals surface area contributed by atoms with Crippen molar-refractivity contribution in [1.29, 1.82) is 0 Å². The van der Waals surface area contributed by atoms with Crippen LogP contribution in [0.3, 0.4) is 0 Å². The predicted molar refractivity (Wildman–Crippen MR) is 96.4 cm³/mol. The predicted octanol–water partition coefficient (Wildman–Crippen LogP) is 1.28. The summed E-state index contributed by atoms with van der Waals surface area (Å²) in [6.45, 7) is 4.74. The standard InChI is InChI=1S/C17H29N5O2/c1-7-8-9-14(12-22(6)13-17(23)21(4)5)24-16-11-18-10-15(19-16)20(2)3/h7,10-11,14H,1,8-9,12-13H2,2-6H3/t14-/m0/s1. The van der Waals surface area contributed by atoms with Gasteiger partial charge < -0.3 is 14.5 Å². The first-order valence-electron chi connectivity index (χ1n) is 7.99. The lowest BCUT2D eigenvalue weighted by Gasteiger charge is -2.25. The molecule has 0 radical (unpaired) electrons. The topological polar surface area (TPSA) is 61.8 Å². The van der Waals surface area contributed by atoms with Gasteiger partial charge in [0.2, 0.25) is 11.8 Å². The van der Waals surface area contributed by atoms with Gasteiger partial charge in [0, 0.05) is 34.7 Å². The molecule has 0 saturated carbocycles. The quantitative estimate of drug-likeness (QED) is 0.600. The molecule has 1 aromatic heterocycles. The smallest absolute Gasteiger partial charge is 0.236 e. The van der Waals surface area contributed by atoms with Gasteiger partial charge in [-0.15, -0.1) is 6.58 Å². The first-order chi connectivity index (χ1) is 11.3. The summed E-state index contributed by atoms with van der Waals surface area (Å²) in [5, 5.41) is 0. The summed E-state index contributed by atoms with van der Waals surface area (Å²) in [5.74, 6) is 1.29. The highest BCUT2D eigenvalue weighted by Gasteiger charge is 2.17. The van der Waals surface area contributed by atoms with Gasteiger partial charge in [-0.25, -0.2) is 0 Å². The molecule has 0 N–H and O–H groups in total. The zero-order chi connectivity index (χ0) is 18.1. The third-order valence-corrected chi connectivity index (χ3v) is 3.46. The summed E-state index contributed by atoms with van der Waals surface area (Å²) >= 11 is 0. The van der Waals surface area contributed by atoms with Crippen molar-refractivity contribution in [2.75, 3.05) is 53.2 Å². The third kappa shape index (κ3) is 6.95. The maximum atomic E-state index is 11.8. The van der Waals surface area contributed by atoms with E-state index in [0.717, 1.165) is 18.7 Å². The summed E-state index contributed by atoms with van der Waals surface area (Å²) in [7, 11) is 9.23. The number of aromatic nitrogens is 2. The van der Waals surface area contributed by atoms with Crippen molar-refractivity contribution < 1.29 is 9.53 Å². The minimum absolute atomic E-state index is 0.0642. The number of likely N-dealkylation sites (N-methyl/N-ethyl adjacent to an activating group) is 2. The number of carbonyl (C=O) groups is 1. The van der Waals surface area contributed by atoms with Crippen LogP contribution in [0.15, 0.2) is 25.0 Å². The molecule has 1 aromatic rings. The molecule has 7 heteroatoms. The van der Waals surface area contributed by atoms with Crippen LogP contribution in [-0.4, -0.2) is 80.1 Å². The van der Waals surface area contributed by atoms with Crippen LogP contribution in [0.25, 0.3) is 0 Å². The molecule has 0 aliphatic heterocycles. The first-order valence-corrected chi connectivity index (χ1v) is 7.99. The van der Waals surface area contributed by atoms with Gasteiger partial charge in [0.05, 0.1) is 18.9 Å². The Morgan fingerprint density at radius 1 is 1.29 bits per heavy atom. The average molecular weight is 335 g/mol. The Balaban J connectivity index is 2.72. The van der Waals surface area contributed by atoms with E-state index in [1.54, 1.807) is 31.4 Å². The van der Waals surface area contributed by atoms with Gasteiger partial charge in [-0.1, -0.05) is 6.08 Å². The SMILES string of the molecule is C=CCC[C@@H](CN(C)CC(=O)N(C)C)Oc1cncc(N(C)C)n1. The molecule has 0 aromatic carbocycles. The highest BCUT2D eigenvalue weighted by Crippen LogP contribution is 2.15. The Kier molecular flexibility index (Phi) is 8.18. The van der Waals surface area contributed by atoms with Crippen LogP contribution in [0.2, 0.25) is 0 Å². The molecule has 0 aliphatic rings. The van der Waals surface area contributed by atoms with Gasteiger partial charge in [-0.05, 0) is 19.9 Å². The van der Waals surface area contributed by atoms with Gasteiger partial charge in [-0.2, -0.15) is 4.98 Å². The van der Waals surface area contributed by atoms with Crippen LogP contribution in [-0.2, 0) is 4.79 Å². The van der Waals surface area contributed by atoms with E-state index in [9.17, 15) is 4.79 Å². The highest BCUT2D eigenvalue weighted by atomic mass is 16.5. The molecule has 0 unspecified atom stereocenters. The largest absolute Gasteiger partial charge is 0.472 e. The van der Waals surface area contributed by atoms with E-state index in [1.165, 1.54) is 0 Å². The average Bonchev–Trinajstić information content (AvgIpc) is 2.52. The lowest BCUT2D eigenvalue weighted by Crippen LogP contribution is -2.39. The zero-order valence-electron chi connectivity index (χ0n) is 15.4. The summed E-state index contributed by atoms with van der Waals surface area (Å²) in [6.07, 6.45) is 6.71. The molecule has 0 spiro atoms.